The average molecular weight is 300 g/mol. The first-order valence-corrected chi connectivity index (χ1v) is 6.56. The molecule has 0 heterocycles. The van der Waals surface area contributed by atoms with Crippen molar-refractivity contribution in [1.82, 2.24) is 4.31 Å². The van der Waals surface area contributed by atoms with Crippen LogP contribution in [0.1, 0.15) is 6.42 Å². The lowest BCUT2D eigenvalue weighted by atomic mass is 10.3. The average Bonchev–Trinajstić information content (AvgIpc) is 2.24. The minimum atomic E-state index is -4.48. The van der Waals surface area contributed by atoms with Crippen molar-refractivity contribution in [2.24, 2.45) is 0 Å². The number of sulfonamides is 1. The van der Waals surface area contributed by atoms with Crippen molar-refractivity contribution in [1.29, 1.82) is 0 Å². The van der Waals surface area contributed by atoms with Gasteiger partial charge in [0.2, 0.25) is 10.0 Å². The van der Waals surface area contributed by atoms with Crippen LogP contribution in [0.3, 0.4) is 0 Å². The van der Waals surface area contributed by atoms with Crippen LogP contribution in [0, 0.1) is 5.82 Å². The molecule has 0 aliphatic rings. The molecule has 4 nitrogen and oxygen atoms in total. The first-order chi connectivity index (χ1) is 8.54. The van der Waals surface area contributed by atoms with E-state index in [4.69, 9.17) is 5.73 Å². The number of anilines is 1. The molecular weight excluding hydrogens is 288 g/mol. The molecule has 19 heavy (non-hydrogen) atoms. The van der Waals surface area contributed by atoms with Crippen LogP contribution in [-0.4, -0.2) is 32.5 Å². The molecule has 0 aliphatic carbocycles. The largest absolute Gasteiger partial charge is 0.399 e. The van der Waals surface area contributed by atoms with Gasteiger partial charge in [-0.1, -0.05) is 0 Å². The monoisotopic (exact) mass is 300 g/mol. The number of hydrogen-bond acceptors (Lipinski definition) is 3. The quantitative estimate of drug-likeness (QED) is 0.683. The van der Waals surface area contributed by atoms with Gasteiger partial charge in [-0.15, -0.1) is 0 Å². The van der Waals surface area contributed by atoms with Crippen molar-refractivity contribution < 1.29 is 26.0 Å². The molecule has 0 aliphatic heterocycles. The SMILES string of the molecule is CN(CCC(F)(F)F)S(=O)(=O)c1ccc(N)cc1F. The van der Waals surface area contributed by atoms with Crippen LogP contribution in [0.15, 0.2) is 23.1 Å². The van der Waals surface area contributed by atoms with Crippen LogP contribution in [0.4, 0.5) is 23.2 Å². The Balaban J connectivity index is 2.97. The van der Waals surface area contributed by atoms with Crippen molar-refractivity contribution in [3.05, 3.63) is 24.0 Å². The second-order valence-corrected chi connectivity index (χ2v) is 5.89. The van der Waals surface area contributed by atoms with Crippen molar-refractivity contribution in [2.45, 2.75) is 17.5 Å². The maximum absolute atomic E-state index is 13.5. The number of benzene rings is 1. The zero-order chi connectivity index (χ0) is 14.8. The summed E-state index contributed by atoms with van der Waals surface area (Å²) < 4.78 is 73.7. The summed E-state index contributed by atoms with van der Waals surface area (Å²) in [4.78, 5) is -0.702. The van der Waals surface area contributed by atoms with Gasteiger partial charge in [-0.3, -0.25) is 0 Å². The molecule has 1 aromatic carbocycles. The summed E-state index contributed by atoms with van der Waals surface area (Å²) in [5.74, 6) is -1.10. The zero-order valence-electron chi connectivity index (χ0n) is 9.91. The third kappa shape index (κ3) is 4.06. The lowest BCUT2D eigenvalue weighted by Gasteiger charge is -2.18. The molecule has 1 rings (SSSR count). The number of nitrogens with two attached hydrogens (primary N) is 1. The minimum Gasteiger partial charge on any atom is -0.399 e. The molecule has 1 aromatic rings. The first kappa shape index (κ1) is 15.7. The predicted molar refractivity (Wildman–Crippen MR) is 61.3 cm³/mol. The Hall–Kier alpha value is -1.35. The second kappa shape index (κ2) is 5.33. The van der Waals surface area contributed by atoms with E-state index in [1.54, 1.807) is 0 Å². The van der Waals surface area contributed by atoms with E-state index in [9.17, 15) is 26.0 Å². The fourth-order valence-corrected chi connectivity index (χ4v) is 2.51. The van der Waals surface area contributed by atoms with Crippen molar-refractivity contribution in [3.8, 4) is 0 Å². The molecule has 108 valence electrons. The fraction of sp³-hybridized carbons (Fsp3) is 0.400. The van der Waals surface area contributed by atoms with Gasteiger partial charge in [0.1, 0.15) is 10.7 Å². The summed E-state index contributed by atoms with van der Waals surface area (Å²) in [7, 11) is -3.35. The molecule has 0 fully saturated rings. The highest BCUT2D eigenvalue weighted by atomic mass is 32.2. The molecule has 0 aromatic heterocycles. The van der Waals surface area contributed by atoms with Crippen molar-refractivity contribution in [2.75, 3.05) is 19.3 Å². The maximum Gasteiger partial charge on any atom is 0.390 e. The number of halogens is 4. The van der Waals surface area contributed by atoms with E-state index in [1.165, 1.54) is 0 Å². The highest BCUT2D eigenvalue weighted by Crippen LogP contribution is 2.24. The molecule has 2 N–H and O–H groups in total. The van der Waals surface area contributed by atoms with Crippen molar-refractivity contribution >= 4 is 15.7 Å². The number of alkyl halides is 3. The van der Waals surface area contributed by atoms with E-state index in [-0.39, 0.29) is 5.69 Å². The van der Waals surface area contributed by atoms with E-state index in [0.717, 1.165) is 25.2 Å². The third-order valence-electron chi connectivity index (χ3n) is 2.35. The van der Waals surface area contributed by atoms with Gasteiger partial charge in [-0.05, 0) is 18.2 Å². The standard InChI is InChI=1S/C10H12F4N2O2S/c1-16(5-4-10(12,13)14)19(17,18)9-3-2-7(15)6-8(9)11/h2-3,6H,4-5,15H2,1H3. The van der Waals surface area contributed by atoms with E-state index in [0.29, 0.717) is 4.31 Å². The molecule has 0 spiro atoms. The van der Waals surface area contributed by atoms with Gasteiger partial charge in [-0.2, -0.15) is 13.2 Å². The van der Waals surface area contributed by atoms with E-state index >= 15 is 0 Å². The lowest BCUT2D eigenvalue weighted by molar-refractivity contribution is -0.135. The molecule has 0 amide bonds. The topological polar surface area (TPSA) is 63.4 Å². The second-order valence-electron chi connectivity index (χ2n) is 3.88. The van der Waals surface area contributed by atoms with Crippen LogP contribution >= 0.6 is 0 Å². The van der Waals surface area contributed by atoms with Gasteiger partial charge in [0.25, 0.3) is 0 Å². The Morgan fingerprint density at radius 2 is 1.89 bits per heavy atom. The summed E-state index contributed by atoms with van der Waals surface area (Å²) >= 11 is 0. The molecule has 0 radical (unpaired) electrons. The summed E-state index contributed by atoms with van der Waals surface area (Å²) in [6, 6.07) is 2.88. The maximum atomic E-state index is 13.5. The predicted octanol–water partition coefficient (Wildman–Crippen LogP) is 1.98. The lowest BCUT2D eigenvalue weighted by Crippen LogP contribution is -2.31. The summed E-state index contributed by atoms with van der Waals surface area (Å²) in [5, 5.41) is 0. The van der Waals surface area contributed by atoms with E-state index in [2.05, 4.69) is 0 Å². The van der Waals surface area contributed by atoms with Crippen LogP contribution < -0.4 is 5.73 Å². The normalized spacial score (nSPS) is 12.9. The fourth-order valence-electron chi connectivity index (χ4n) is 1.30. The Bertz CT molecular complexity index is 557. The summed E-state index contributed by atoms with van der Waals surface area (Å²) in [5.41, 5.74) is 5.29. The van der Waals surface area contributed by atoms with Crippen LogP contribution in [0.25, 0.3) is 0 Å². The van der Waals surface area contributed by atoms with Gasteiger partial charge in [0.15, 0.2) is 0 Å². The van der Waals surface area contributed by atoms with Crippen LogP contribution in [0.2, 0.25) is 0 Å². The van der Waals surface area contributed by atoms with Crippen molar-refractivity contribution in [3.63, 3.8) is 0 Å². The van der Waals surface area contributed by atoms with E-state index in [1.807, 2.05) is 0 Å². The Labute approximate surface area is 107 Å². The van der Waals surface area contributed by atoms with Crippen LogP contribution in [0.5, 0.6) is 0 Å². The summed E-state index contributed by atoms with van der Waals surface area (Å²) in [6.45, 7) is -0.782. The molecule has 9 heteroatoms. The Morgan fingerprint density at radius 3 is 2.37 bits per heavy atom. The van der Waals surface area contributed by atoms with Gasteiger partial charge >= 0.3 is 6.18 Å². The van der Waals surface area contributed by atoms with Crippen LogP contribution in [-0.2, 0) is 10.0 Å². The Kier molecular flexibility index (Phi) is 4.41. The Morgan fingerprint density at radius 1 is 1.32 bits per heavy atom. The number of rotatable bonds is 4. The third-order valence-corrected chi connectivity index (χ3v) is 4.24. The molecule has 0 atom stereocenters. The number of nitrogens with zero attached hydrogens (tertiary/aromatic N) is 1. The molecule has 0 unspecified atom stereocenters. The van der Waals surface area contributed by atoms with Gasteiger partial charge in [0, 0.05) is 19.3 Å². The highest BCUT2D eigenvalue weighted by Gasteiger charge is 2.31. The van der Waals surface area contributed by atoms with E-state index < -0.39 is 39.9 Å². The van der Waals surface area contributed by atoms with Gasteiger partial charge in [-0.25, -0.2) is 17.1 Å². The zero-order valence-corrected chi connectivity index (χ0v) is 10.7. The smallest absolute Gasteiger partial charge is 0.390 e. The molecule has 0 saturated heterocycles. The number of hydrogen-bond donors (Lipinski definition) is 1. The number of nitrogen functional groups attached to an aromatic ring is 1. The first-order valence-electron chi connectivity index (χ1n) is 5.12. The molecular formula is C10H12F4N2O2S. The molecule has 0 bridgehead atoms. The van der Waals surface area contributed by atoms with Gasteiger partial charge < -0.3 is 5.73 Å². The van der Waals surface area contributed by atoms with Gasteiger partial charge in [0.05, 0.1) is 6.42 Å². The highest BCUT2D eigenvalue weighted by molar-refractivity contribution is 7.89. The molecule has 0 saturated carbocycles. The summed E-state index contributed by atoms with van der Waals surface area (Å²) in [6.07, 6.45) is -5.79. The minimum absolute atomic E-state index is 0.0226.